The van der Waals surface area contributed by atoms with Crippen LogP contribution in [0.2, 0.25) is 0 Å². The van der Waals surface area contributed by atoms with Crippen molar-refractivity contribution in [1.29, 1.82) is 0 Å². The third-order valence-corrected chi connectivity index (χ3v) is 1.54. The predicted octanol–water partition coefficient (Wildman–Crippen LogP) is 0.794. The summed E-state index contributed by atoms with van der Waals surface area (Å²) in [6.07, 6.45) is 1.38. The van der Waals surface area contributed by atoms with Gasteiger partial charge in [-0.25, -0.2) is 0 Å². The Balaban J connectivity index is 0.000000845. The van der Waals surface area contributed by atoms with Crippen molar-refractivity contribution >= 4 is 18.9 Å². The Morgan fingerprint density at radius 2 is 2.00 bits per heavy atom. The maximum atomic E-state index is 9.37. The molecule has 1 aromatic heterocycles. The fourth-order valence-electron chi connectivity index (χ4n) is 0.972. The number of hydrogen-bond donors (Lipinski definition) is 1. The molecule has 0 unspecified atom stereocenters. The van der Waals surface area contributed by atoms with E-state index in [1.807, 2.05) is 6.07 Å². The standard InChI is InChI=1S/C8H6N2O2.Li.H/c11-8-4-2-1-3-6(8)7-5-12-10-9-7;;/h1-5,11H;;. The molecule has 0 amide bonds. The average Bonchev–Trinajstić information content (AvgIpc) is 2.57. The molecule has 1 N–H and O–H groups in total. The molecule has 13 heavy (non-hydrogen) atoms. The second-order valence-electron chi connectivity index (χ2n) is 2.31. The molecule has 0 saturated heterocycles. The Hall–Kier alpha value is -1.24. The van der Waals surface area contributed by atoms with Crippen LogP contribution in [-0.2, 0) is 0 Å². The van der Waals surface area contributed by atoms with Gasteiger partial charge < -0.3 is 9.63 Å². The Labute approximate surface area is 86.7 Å². The van der Waals surface area contributed by atoms with Gasteiger partial charge in [-0.2, -0.15) is 0 Å². The van der Waals surface area contributed by atoms with E-state index in [0.717, 1.165) is 0 Å². The van der Waals surface area contributed by atoms with Crippen molar-refractivity contribution in [3.05, 3.63) is 30.5 Å². The summed E-state index contributed by atoms with van der Waals surface area (Å²) in [7, 11) is 0. The van der Waals surface area contributed by atoms with Crippen LogP contribution in [0.25, 0.3) is 11.3 Å². The zero-order valence-electron chi connectivity index (χ0n) is 6.14. The van der Waals surface area contributed by atoms with E-state index in [0.29, 0.717) is 11.3 Å². The molecule has 0 spiro atoms. The van der Waals surface area contributed by atoms with Gasteiger partial charge in [-0.05, 0) is 12.1 Å². The normalized spacial score (nSPS) is 9.23. The number of nitrogens with zero attached hydrogens (tertiary/aromatic N) is 2. The number of benzene rings is 1. The molecule has 0 fully saturated rings. The fourth-order valence-corrected chi connectivity index (χ4v) is 0.972. The Bertz CT molecular complexity index is 375. The topological polar surface area (TPSA) is 59.2 Å². The van der Waals surface area contributed by atoms with Crippen LogP contribution in [-0.4, -0.2) is 34.3 Å². The van der Waals surface area contributed by atoms with Crippen LogP contribution >= 0.6 is 0 Å². The number of aromatic hydroxyl groups is 1. The summed E-state index contributed by atoms with van der Waals surface area (Å²) in [4.78, 5) is 0. The first-order valence-corrected chi connectivity index (χ1v) is 3.43. The molecule has 1 aromatic carbocycles. The van der Waals surface area contributed by atoms with Gasteiger partial charge in [-0.15, -0.1) is 5.10 Å². The predicted molar refractivity (Wildman–Crippen MR) is 48.5 cm³/mol. The van der Waals surface area contributed by atoms with Gasteiger partial charge in [-0.3, -0.25) is 0 Å². The monoisotopic (exact) mass is 170 g/mol. The summed E-state index contributed by atoms with van der Waals surface area (Å²) >= 11 is 0. The van der Waals surface area contributed by atoms with Crippen LogP contribution in [0, 0.1) is 0 Å². The van der Waals surface area contributed by atoms with Gasteiger partial charge in [0.15, 0.2) is 6.26 Å². The first-order chi connectivity index (χ1) is 5.88. The van der Waals surface area contributed by atoms with E-state index in [9.17, 15) is 5.11 Å². The molecule has 2 aromatic rings. The van der Waals surface area contributed by atoms with Crippen molar-refractivity contribution < 1.29 is 9.63 Å². The van der Waals surface area contributed by atoms with Crippen LogP contribution in [0.3, 0.4) is 0 Å². The maximum absolute atomic E-state index is 9.37. The molecular weight excluding hydrogens is 163 g/mol. The van der Waals surface area contributed by atoms with Crippen molar-refractivity contribution in [2.45, 2.75) is 0 Å². The molecule has 0 aliphatic heterocycles. The summed E-state index contributed by atoms with van der Waals surface area (Å²) in [6.45, 7) is 0. The van der Waals surface area contributed by atoms with E-state index < -0.39 is 0 Å². The number of hydrogen-bond acceptors (Lipinski definition) is 4. The summed E-state index contributed by atoms with van der Waals surface area (Å²) in [6, 6.07) is 6.88. The first kappa shape index (κ1) is 9.84. The Morgan fingerprint density at radius 3 is 2.62 bits per heavy atom. The third-order valence-electron chi connectivity index (χ3n) is 1.54. The van der Waals surface area contributed by atoms with E-state index in [4.69, 9.17) is 0 Å². The van der Waals surface area contributed by atoms with Gasteiger partial charge in [0.05, 0.1) is 0 Å². The zero-order valence-corrected chi connectivity index (χ0v) is 6.14. The van der Waals surface area contributed by atoms with Gasteiger partial charge in [0.1, 0.15) is 11.4 Å². The molecule has 5 heteroatoms. The SMILES string of the molecule is Oc1ccccc1-c1conn1.[LiH]. The molecule has 62 valence electrons. The Kier molecular flexibility index (Phi) is 3.12. The van der Waals surface area contributed by atoms with Gasteiger partial charge >= 0.3 is 18.9 Å². The number of phenols is 1. The molecule has 0 atom stereocenters. The molecular formula is C8H7LiN2O2. The molecule has 0 radical (unpaired) electrons. The van der Waals surface area contributed by atoms with E-state index in [1.54, 1.807) is 18.2 Å². The van der Waals surface area contributed by atoms with Crippen molar-refractivity contribution in [3.8, 4) is 17.0 Å². The molecule has 0 saturated carbocycles. The molecule has 0 aliphatic rings. The molecule has 4 nitrogen and oxygen atoms in total. The van der Waals surface area contributed by atoms with Gasteiger partial charge in [0.25, 0.3) is 0 Å². The number of aromatic nitrogens is 2. The van der Waals surface area contributed by atoms with Crippen LogP contribution in [0.15, 0.2) is 35.1 Å². The molecule has 0 aliphatic carbocycles. The second-order valence-corrected chi connectivity index (χ2v) is 2.31. The average molecular weight is 170 g/mol. The van der Waals surface area contributed by atoms with E-state index in [-0.39, 0.29) is 24.6 Å². The third kappa shape index (κ3) is 1.91. The summed E-state index contributed by atoms with van der Waals surface area (Å²) < 4.78 is 4.55. The van der Waals surface area contributed by atoms with E-state index >= 15 is 0 Å². The number of para-hydroxylation sites is 1. The second kappa shape index (κ2) is 4.12. The molecule has 2 rings (SSSR count). The first-order valence-electron chi connectivity index (χ1n) is 3.43. The van der Waals surface area contributed by atoms with Gasteiger partial charge in [-0.1, -0.05) is 12.1 Å². The van der Waals surface area contributed by atoms with Crippen molar-refractivity contribution in [1.82, 2.24) is 10.4 Å². The van der Waals surface area contributed by atoms with Crippen LogP contribution < -0.4 is 0 Å². The van der Waals surface area contributed by atoms with E-state index in [2.05, 4.69) is 14.9 Å². The summed E-state index contributed by atoms with van der Waals surface area (Å²) in [5, 5.41) is 16.3. The molecule has 1 heterocycles. The van der Waals surface area contributed by atoms with Gasteiger partial charge in [0.2, 0.25) is 0 Å². The van der Waals surface area contributed by atoms with Gasteiger partial charge in [0, 0.05) is 10.8 Å². The van der Waals surface area contributed by atoms with E-state index in [1.165, 1.54) is 6.26 Å². The molecule has 0 bridgehead atoms. The Morgan fingerprint density at radius 1 is 1.23 bits per heavy atom. The zero-order chi connectivity index (χ0) is 8.39. The minimum absolute atomic E-state index is 0. The van der Waals surface area contributed by atoms with Crippen LogP contribution in [0.4, 0.5) is 0 Å². The van der Waals surface area contributed by atoms with Crippen LogP contribution in [0.1, 0.15) is 0 Å². The van der Waals surface area contributed by atoms with Crippen molar-refractivity contribution in [3.63, 3.8) is 0 Å². The number of phenolic OH excluding ortho intramolecular Hbond substituents is 1. The fraction of sp³-hybridized carbons (Fsp3) is 0. The quantitative estimate of drug-likeness (QED) is 0.643. The number of rotatable bonds is 1. The van der Waals surface area contributed by atoms with Crippen molar-refractivity contribution in [2.75, 3.05) is 0 Å². The van der Waals surface area contributed by atoms with Crippen molar-refractivity contribution in [2.24, 2.45) is 0 Å². The summed E-state index contributed by atoms with van der Waals surface area (Å²) in [5.74, 6) is 0.174. The van der Waals surface area contributed by atoms with Crippen LogP contribution in [0.5, 0.6) is 5.75 Å². The minimum atomic E-state index is 0. The summed E-state index contributed by atoms with van der Waals surface area (Å²) in [5.41, 5.74) is 1.16.